The number of benzene rings is 1. The monoisotopic (exact) mass is 271 g/mol. The molecule has 2 rings (SSSR count). The van der Waals surface area contributed by atoms with Crippen LogP contribution in [0.3, 0.4) is 0 Å². The molecule has 0 unspecified atom stereocenters. The molecule has 0 amide bonds. The van der Waals surface area contributed by atoms with Crippen molar-refractivity contribution in [3.05, 3.63) is 48.2 Å². The third-order valence-electron chi connectivity index (χ3n) is 2.45. The number of hydrogen-bond acceptors (Lipinski definition) is 4. The van der Waals surface area contributed by atoms with E-state index in [0.717, 1.165) is 16.8 Å². The van der Waals surface area contributed by atoms with Crippen molar-refractivity contribution in [2.24, 2.45) is 10.8 Å². The van der Waals surface area contributed by atoms with Gasteiger partial charge in [-0.05, 0) is 30.4 Å². The van der Waals surface area contributed by atoms with E-state index in [9.17, 15) is 0 Å². The molecule has 0 spiro atoms. The summed E-state index contributed by atoms with van der Waals surface area (Å²) < 4.78 is 0. The number of nitrogens with two attached hydrogens (primary N) is 2. The summed E-state index contributed by atoms with van der Waals surface area (Å²) in [5.74, 6) is 0. The summed E-state index contributed by atoms with van der Waals surface area (Å²) in [6, 6.07) is 11.3. The second kappa shape index (κ2) is 5.92. The second-order valence-corrected chi connectivity index (χ2v) is 4.20. The van der Waals surface area contributed by atoms with Crippen molar-refractivity contribution in [2.45, 2.75) is 0 Å². The number of nitrogens with one attached hydrogen (secondary N) is 1. The average Bonchev–Trinajstić information content (AvgIpc) is 2.41. The second-order valence-electron chi connectivity index (χ2n) is 3.76. The van der Waals surface area contributed by atoms with Gasteiger partial charge in [-0.25, -0.2) is 0 Å². The van der Waals surface area contributed by atoms with Crippen LogP contribution in [0.1, 0.15) is 5.56 Å². The van der Waals surface area contributed by atoms with Gasteiger partial charge in [0.25, 0.3) is 0 Å². The lowest BCUT2D eigenvalue weighted by molar-refractivity contribution is 1.04. The molecule has 0 bridgehead atoms. The number of anilines is 1. The molecule has 2 aromatic rings. The minimum Gasteiger partial charge on any atom is -0.398 e. The van der Waals surface area contributed by atoms with Crippen LogP contribution in [0.15, 0.2) is 47.7 Å². The Morgan fingerprint density at radius 1 is 1.26 bits per heavy atom. The van der Waals surface area contributed by atoms with Crippen molar-refractivity contribution in [1.82, 2.24) is 10.4 Å². The van der Waals surface area contributed by atoms with Crippen LogP contribution in [-0.4, -0.2) is 16.3 Å². The first-order valence-electron chi connectivity index (χ1n) is 5.57. The summed E-state index contributed by atoms with van der Waals surface area (Å²) >= 11 is 4.68. The summed E-state index contributed by atoms with van der Waals surface area (Å²) in [7, 11) is 0. The number of aromatic nitrogens is 1. The maximum atomic E-state index is 5.96. The largest absolute Gasteiger partial charge is 0.398 e. The van der Waals surface area contributed by atoms with E-state index in [1.165, 1.54) is 0 Å². The Morgan fingerprint density at radius 3 is 2.79 bits per heavy atom. The zero-order chi connectivity index (χ0) is 13.7. The van der Waals surface area contributed by atoms with Gasteiger partial charge < -0.3 is 11.5 Å². The van der Waals surface area contributed by atoms with Gasteiger partial charge >= 0.3 is 0 Å². The van der Waals surface area contributed by atoms with E-state index >= 15 is 0 Å². The van der Waals surface area contributed by atoms with Crippen molar-refractivity contribution in [2.75, 3.05) is 5.73 Å². The van der Waals surface area contributed by atoms with Gasteiger partial charge in [-0.1, -0.05) is 18.2 Å². The van der Waals surface area contributed by atoms with Crippen LogP contribution >= 0.6 is 12.2 Å². The van der Waals surface area contributed by atoms with Crippen molar-refractivity contribution >= 4 is 29.2 Å². The van der Waals surface area contributed by atoms with Crippen LogP contribution in [0.4, 0.5) is 5.69 Å². The Balaban J connectivity index is 2.42. The van der Waals surface area contributed by atoms with Gasteiger partial charge in [0.15, 0.2) is 5.11 Å². The van der Waals surface area contributed by atoms with Gasteiger partial charge in [-0.15, -0.1) is 0 Å². The molecule has 0 aliphatic carbocycles. The van der Waals surface area contributed by atoms with Crippen molar-refractivity contribution in [1.29, 1.82) is 0 Å². The van der Waals surface area contributed by atoms with E-state index in [4.69, 9.17) is 11.5 Å². The fourth-order valence-corrected chi connectivity index (χ4v) is 1.69. The van der Waals surface area contributed by atoms with Gasteiger partial charge in [0.2, 0.25) is 0 Å². The maximum absolute atomic E-state index is 5.96. The number of nitrogen functional groups attached to an aromatic ring is 1. The lowest BCUT2D eigenvalue weighted by Gasteiger charge is -2.07. The van der Waals surface area contributed by atoms with Gasteiger partial charge in [0.1, 0.15) is 0 Å². The van der Waals surface area contributed by atoms with Crippen molar-refractivity contribution in [3.63, 3.8) is 0 Å². The average molecular weight is 271 g/mol. The quantitative estimate of drug-likeness (QED) is 0.341. The van der Waals surface area contributed by atoms with Gasteiger partial charge in [-0.2, -0.15) is 5.10 Å². The lowest BCUT2D eigenvalue weighted by atomic mass is 10.0. The molecule has 6 heteroatoms. The van der Waals surface area contributed by atoms with Crippen LogP contribution in [0.25, 0.3) is 11.3 Å². The molecule has 0 atom stereocenters. The number of pyridine rings is 1. The van der Waals surface area contributed by atoms with E-state index in [-0.39, 0.29) is 5.11 Å². The van der Waals surface area contributed by atoms with Crippen LogP contribution in [0, 0.1) is 0 Å². The molecule has 0 saturated heterocycles. The third-order valence-corrected chi connectivity index (χ3v) is 2.54. The zero-order valence-electron chi connectivity index (χ0n) is 10.1. The molecule has 0 fully saturated rings. The first-order chi connectivity index (χ1) is 9.18. The highest BCUT2D eigenvalue weighted by molar-refractivity contribution is 7.80. The highest BCUT2D eigenvalue weighted by atomic mass is 32.1. The molecule has 1 aromatic carbocycles. The van der Waals surface area contributed by atoms with E-state index in [1.807, 2.05) is 30.3 Å². The fourth-order valence-electron chi connectivity index (χ4n) is 1.63. The summed E-state index contributed by atoms with van der Waals surface area (Å²) in [5.41, 5.74) is 16.9. The molecule has 96 valence electrons. The SMILES string of the molecule is NC(=S)NN=Cc1c(N)cccc1-c1ccccn1. The van der Waals surface area contributed by atoms with Gasteiger partial charge in [0.05, 0.1) is 11.9 Å². The van der Waals surface area contributed by atoms with Crippen molar-refractivity contribution in [3.8, 4) is 11.3 Å². The minimum atomic E-state index is 0.102. The molecule has 5 N–H and O–H groups in total. The Kier molecular flexibility index (Phi) is 4.04. The number of nitrogens with zero attached hydrogens (tertiary/aromatic N) is 2. The molecule has 1 aromatic heterocycles. The minimum absolute atomic E-state index is 0.102. The number of hydrogen-bond donors (Lipinski definition) is 3. The lowest BCUT2D eigenvalue weighted by Crippen LogP contribution is -2.24. The topological polar surface area (TPSA) is 89.3 Å². The molecule has 0 aliphatic rings. The summed E-state index contributed by atoms with van der Waals surface area (Å²) in [5, 5.41) is 4.04. The number of rotatable bonds is 3. The smallest absolute Gasteiger partial charge is 0.184 e. The summed E-state index contributed by atoms with van der Waals surface area (Å²) in [4.78, 5) is 4.31. The van der Waals surface area contributed by atoms with Crippen LogP contribution in [-0.2, 0) is 0 Å². The molecule has 0 saturated carbocycles. The zero-order valence-corrected chi connectivity index (χ0v) is 10.9. The molecule has 1 heterocycles. The normalized spacial score (nSPS) is 10.5. The van der Waals surface area contributed by atoms with E-state index in [2.05, 4.69) is 27.7 Å². The molecule has 19 heavy (non-hydrogen) atoms. The number of hydrazone groups is 1. The number of thiocarbonyl (C=S) groups is 1. The van der Waals surface area contributed by atoms with Crippen LogP contribution < -0.4 is 16.9 Å². The Labute approximate surface area is 116 Å². The fraction of sp³-hybridized carbons (Fsp3) is 0. The summed E-state index contributed by atoms with van der Waals surface area (Å²) in [6.07, 6.45) is 3.31. The Morgan fingerprint density at radius 2 is 2.11 bits per heavy atom. The molecule has 5 nitrogen and oxygen atoms in total. The standard InChI is InChI=1S/C13H13N5S/c14-11-5-3-4-9(12-6-1-2-7-16-12)10(11)8-17-18-13(15)19/h1-8H,14H2,(H3,15,18,19). The predicted molar refractivity (Wildman–Crippen MR) is 81.6 cm³/mol. The van der Waals surface area contributed by atoms with E-state index < -0.39 is 0 Å². The van der Waals surface area contributed by atoms with Gasteiger partial charge in [-0.3, -0.25) is 10.4 Å². The first-order valence-corrected chi connectivity index (χ1v) is 5.97. The van der Waals surface area contributed by atoms with Gasteiger partial charge in [0, 0.05) is 23.0 Å². The molecular weight excluding hydrogens is 258 g/mol. The van der Waals surface area contributed by atoms with E-state index in [0.29, 0.717) is 5.69 Å². The van der Waals surface area contributed by atoms with E-state index in [1.54, 1.807) is 18.5 Å². The molecule has 0 radical (unpaired) electrons. The third kappa shape index (κ3) is 3.26. The summed E-state index contributed by atoms with van der Waals surface area (Å²) in [6.45, 7) is 0. The molecule has 0 aliphatic heterocycles. The Bertz CT molecular complexity index is 610. The van der Waals surface area contributed by atoms with Crippen LogP contribution in [0.2, 0.25) is 0 Å². The predicted octanol–water partition coefficient (Wildman–Crippen LogP) is 1.50. The van der Waals surface area contributed by atoms with Crippen LogP contribution in [0.5, 0.6) is 0 Å². The van der Waals surface area contributed by atoms with Crippen molar-refractivity contribution < 1.29 is 0 Å². The molecular formula is C13H13N5S. The Hall–Kier alpha value is -2.47. The maximum Gasteiger partial charge on any atom is 0.184 e. The first kappa shape index (κ1) is 13.0. The highest BCUT2D eigenvalue weighted by Crippen LogP contribution is 2.24. The highest BCUT2D eigenvalue weighted by Gasteiger charge is 2.07.